The van der Waals surface area contributed by atoms with Crippen LogP contribution in [0.25, 0.3) is 11.0 Å². The van der Waals surface area contributed by atoms with Crippen LogP contribution in [0, 0.1) is 0 Å². The minimum atomic E-state index is -3.76. The van der Waals surface area contributed by atoms with Gasteiger partial charge in [0, 0.05) is 17.8 Å². The standard InChI is InChI=1S/C23H22ClN5O3S/c1-14(2)29-11-17(19-22(25)26-13-27-23(19)29)21(30)16-9-6-10-18(20(16)24)28-33(31,32)12-15-7-4-3-5-8-15/h3-11,13-14,28H,12H2,1-2H3,(H2,25,26,27). The molecular weight excluding hydrogens is 462 g/mol. The van der Waals surface area contributed by atoms with Gasteiger partial charge in [0.05, 0.1) is 27.4 Å². The van der Waals surface area contributed by atoms with E-state index in [4.69, 9.17) is 17.3 Å². The van der Waals surface area contributed by atoms with Crippen LogP contribution in [-0.2, 0) is 15.8 Å². The van der Waals surface area contributed by atoms with Crippen molar-refractivity contribution in [1.29, 1.82) is 0 Å². The Morgan fingerprint density at radius 2 is 1.82 bits per heavy atom. The highest BCUT2D eigenvalue weighted by molar-refractivity contribution is 7.91. The van der Waals surface area contributed by atoms with E-state index in [0.717, 1.165) is 0 Å². The third-order valence-corrected chi connectivity index (χ3v) is 6.80. The highest BCUT2D eigenvalue weighted by Gasteiger charge is 2.24. The average molecular weight is 484 g/mol. The number of halogens is 1. The molecule has 0 fully saturated rings. The van der Waals surface area contributed by atoms with Crippen LogP contribution in [0.3, 0.4) is 0 Å². The number of hydrogen-bond donors (Lipinski definition) is 2. The van der Waals surface area contributed by atoms with Gasteiger partial charge in [-0.1, -0.05) is 48.0 Å². The molecule has 0 saturated heterocycles. The van der Waals surface area contributed by atoms with E-state index < -0.39 is 15.8 Å². The van der Waals surface area contributed by atoms with Crippen LogP contribution >= 0.6 is 11.6 Å². The predicted octanol–water partition coefficient (Wildman–Crippen LogP) is 4.42. The summed E-state index contributed by atoms with van der Waals surface area (Å²) in [5, 5.41) is 0.433. The summed E-state index contributed by atoms with van der Waals surface area (Å²) in [5.41, 5.74) is 7.79. The molecule has 0 aliphatic rings. The van der Waals surface area contributed by atoms with Gasteiger partial charge in [0.25, 0.3) is 0 Å². The number of benzene rings is 2. The largest absolute Gasteiger partial charge is 0.383 e. The lowest BCUT2D eigenvalue weighted by molar-refractivity contribution is 0.104. The first-order valence-electron chi connectivity index (χ1n) is 10.2. The number of ketones is 1. The average Bonchev–Trinajstić information content (AvgIpc) is 3.16. The molecule has 33 heavy (non-hydrogen) atoms. The summed E-state index contributed by atoms with van der Waals surface area (Å²) in [6.07, 6.45) is 3.02. The van der Waals surface area contributed by atoms with E-state index in [-0.39, 0.29) is 33.9 Å². The third kappa shape index (κ3) is 4.55. The van der Waals surface area contributed by atoms with Gasteiger partial charge in [-0.25, -0.2) is 18.4 Å². The van der Waals surface area contributed by atoms with Gasteiger partial charge in [-0.2, -0.15) is 0 Å². The van der Waals surface area contributed by atoms with Crippen LogP contribution in [0.2, 0.25) is 5.02 Å². The van der Waals surface area contributed by atoms with Crippen molar-refractivity contribution in [2.75, 3.05) is 10.5 Å². The van der Waals surface area contributed by atoms with E-state index in [2.05, 4.69) is 14.7 Å². The second-order valence-electron chi connectivity index (χ2n) is 7.84. The first kappa shape index (κ1) is 22.8. The van der Waals surface area contributed by atoms with Crippen LogP contribution in [0.5, 0.6) is 0 Å². The zero-order valence-corrected chi connectivity index (χ0v) is 19.6. The number of nitrogens with two attached hydrogens (primary N) is 1. The highest BCUT2D eigenvalue weighted by atomic mass is 35.5. The lowest BCUT2D eigenvalue weighted by Gasteiger charge is -2.12. The Morgan fingerprint density at radius 3 is 2.52 bits per heavy atom. The number of rotatable bonds is 7. The van der Waals surface area contributed by atoms with E-state index in [1.54, 1.807) is 36.5 Å². The number of nitrogen functional groups attached to an aromatic ring is 1. The maximum absolute atomic E-state index is 13.5. The molecule has 0 spiro atoms. The molecule has 2 aromatic heterocycles. The molecule has 0 aliphatic heterocycles. The van der Waals surface area contributed by atoms with Crippen molar-refractivity contribution in [3.63, 3.8) is 0 Å². The molecule has 3 N–H and O–H groups in total. The Hall–Kier alpha value is -3.43. The molecule has 0 atom stereocenters. The molecule has 10 heteroatoms. The van der Waals surface area contributed by atoms with Crippen LogP contribution in [0.4, 0.5) is 11.5 Å². The summed E-state index contributed by atoms with van der Waals surface area (Å²) < 4.78 is 29.7. The lowest BCUT2D eigenvalue weighted by Crippen LogP contribution is -2.16. The van der Waals surface area contributed by atoms with Crippen molar-refractivity contribution in [2.24, 2.45) is 0 Å². The quantitative estimate of drug-likeness (QED) is 0.375. The monoisotopic (exact) mass is 483 g/mol. The van der Waals surface area contributed by atoms with Crippen molar-refractivity contribution in [3.8, 4) is 0 Å². The van der Waals surface area contributed by atoms with Gasteiger partial charge in [-0.05, 0) is 31.5 Å². The Bertz CT molecular complexity index is 1450. The molecule has 0 saturated carbocycles. The molecule has 2 aromatic carbocycles. The summed E-state index contributed by atoms with van der Waals surface area (Å²) in [4.78, 5) is 21.8. The topological polar surface area (TPSA) is 120 Å². The van der Waals surface area contributed by atoms with Gasteiger partial charge in [0.1, 0.15) is 17.8 Å². The summed E-state index contributed by atoms with van der Waals surface area (Å²) in [5.74, 6) is -0.452. The number of nitrogens with zero attached hydrogens (tertiary/aromatic N) is 3. The maximum atomic E-state index is 13.5. The van der Waals surface area contributed by atoms with Crippen molar-refractivity contribution < 1.29 is 13.2 Å². The Labute approximate surface area is 196 Å². The normalized spacial score (nSPS) is 11.8. The second-order valence-corrected chi connectivity index (χ2v) is 9.94. The van der Waals surface area contributed by atoms with Crippen LogP contribution < -0.4 is 10.5 Å². The number of hydrogen-bond acceptors (Lipinski definition) is 6. The Kier molecular flexibility index (Phi) is 6.09. The maximum Gasteiger partial charge on any atom is 0.236 e. The molecule has 0 unspecified atom stereocenters. The van der Waals surface area contributed by atoms with Crippen molar-refractivity contribution >= 4 is 49.9 Å². The van der Waals surface area contributed by atoms with Crippen molar-refractivity contribution in [1.82, 2.24) is 14.5 Å². The van der Waals surface area contributed by atoms with Gasteiger partial charge >= 0.3 is 0 Å². The highest BCUT2D eigenvalue weighted by Crippen LogP contribution is 2.33. The van der Waals surface area contributed by atoms with E-state index in [9.17, 15) is 13.2 Å². The molecule has 4 aromatic rings. The summed E-state index contributed by atoms with van der Waals surface area (Å²) in [6, 6.07) is 13.4. The smallest absolute Gasteiger partial charge is 0.236 e. The van der Waals surface area contributed by atoms with Crippen LogP contribution in [0.15, 0.2) is 61.1 Å². The van der Waals surface area contributed by atoms with Gasteiger partial charge in [-0.3, -0.25) is 9.52 Å². The fraction of sp³-hybridized carbons (Fsp3) is 0.174. The molecule has 0 bridgehead atoms. The van der Waals surface area contributed by atoms with Gasteiger partial charge < -0.3 is 10.3 Å². The zero-order valence-electron chi connectivity index (χ0n) is 18.0. The van der Waals surface area contributed by atoms with Crippen molar-refractivity contribution in [2.45, 2.75) is 25.6 Å². The fourth-order valence-electron chi connectivity index (χ4n) is 3.60. The molecule has 0 radical (unpaired) electrons. The van der Waals surface area contributed by atoms with Crippen LogP contribution in [-0.4, -0.2) is 28.7 Å². The predicted molar refractivity (Wildman–Crippen MR) is 130 cm³/mol. The summed E-state index contributed by atoms with van der Waals surface area (Å²) in [6.45, 7) is 3.92. The summed E-state index contributed by atoms with van der Waals surface area (Å²) in [7, 11) is -3.76. The number of sulfonamides is 1. The van der Waals surface area contributed by atoms with Gasteiger partial charge in [0.15, 0.2) is 5.78 Å². The number of aromatic nitrogens is 3. The second kappa shape index (κ2) is 8.84. The number of carbonyl (C=O) groups excluding carboxylic acids is 1. The van der Waals surface area contributed by atoms with E-state index >= 15 is 0 Å². The lowest BCUT2D eigenvalue weighted by atomic mass is 10.0. The summed E-state index contributed by atoms with van der Waals surface area (Å²) >= 11 is 6.51. The number of anilines is 2. The van der Waals surface area contributed by atoms with E-state index in [1.807, 2.05) is 24.5 Å². The Balaban J connectivity index is 1.72. The molecule has 0 aliphatic carbocycles. The number of fused-ring (bicyclic) bond motifs is 1. The van der Waals surface area contributed by atoms with E-state index in [0.29, 0.717) is 22.2 Å². The van der Waals surface area contributed by atoms with E-state index in [1.165, 1.54) is 18.5 Å². The Morgan fingerprint density at radius 1 is 1.09 bits per heavy atom. The minimum Gasteiger partial charge on any atom is -0.383 e. The van der Waals surface area contributed by atoms with Gasteiger partial charge in [-0.15, -0.1) is 0 Å². The third-order valence-electron chi connectivity index (χ3n) is 5.15. The fourth-order valence-corrected chi connectivity index (χ4v) is 5.13. The number of carbonyl (C=O) groups is 1. The first-order valence-corrected chi connectivity index (χ1v) is 12.2. The molecule has 8 nitrogen and oxygen atoms in total. The zero-order chi connectivity index (χ0) is 23.8. The van der Waals surface area contributed by atoms with Gasteiger partial charge in [0.2, 0.25) is 10.0 Å². The SMILES string of the molecule is CC(C)n1cc(C(=O)c2cccc(NS(=O)(=O)Cc3ccccc3)c2Cl)c2c(N)ncnc21. The minimum absolute atomic E-state index is 0.00000420. The van der Waals surface area contributed by atoms with Crippen LogP contribution in [0.1, 0.15) is 41.4 Å². The molecular formula is C23H22ClN5O3S. The molecule has 4 rings (SSSR count). The molecule has 0 amide bonds. The number of nitrogens with one attached hydrogen (secondary N) is 1. The first-order chi connectivity index (χ1) is 15.7. The van der Waals surface area contributed by atoms with Crippen molar-refractivity contribution in [3.05, 3.63) is 82.8 Å². The molecule has 2 heterocycles. The molecule has 170 valence electrons.